The predicted octanol–water partition coefficient (Wildman–Crippen LogP) is 2.06. The molecule has 0 spiro atoms. The minimum atomic E-state index is 0.759. The second-order valence-corrected chi connectivity index (χ2v) is 6.83. The summed E-state index contributed by atoms with van der Waals surface area (Å²) in [6.45, 7) is 10.9. The van der Waals surface area contributed by atoms with Crippen LogP contribution >= 0.6 is 11.8 Å². The van der Waals surface area contributed by atoms with Crippen molar-refractivity contribution < 1.29 is 0 Å². The lowest BCUT2D eigenvalue weighted by atomic mass is 9.85. The molecule has 0 aromatic heterocycles. The molecule has 0 aromatic rings. The molecule has 0 aliphatic carbocycles. The van der Waals surface area contributed by atoms with E-state index in [1.807, 2.05) is 11.8 Å². The molecule has 0 amide bonds. The fraction of sp³-hybridized carbons (Fsp3) is 1.00. The first-order valence-corrected chi connectivity index (χ1v) is 7.91. The average Bonchev–Trinajstić information content (AvgIpc) is 2.71. The standard InChI is InChI=1S/C13H26N2S/c1-9-5-10(2)11(3)15(8-9)12-6-14-7-13(12)16-4/h9-14H,5-8H2,1-4H3. The fourth-order valence-corrected chi connectivity index (χ4v) is 4.26. The van der Waals surface area contributed by atoms with Crippen molar-refractivity contribution in [3.05, 3.63) is 0 Å². The predicted molar refractivity (Wildman–Crippen MR) is 73.1 cm³/mol. The highest BCUT2D eigenvalue weighted by Crippen LogP contribution is 2.32. The van der Waals surface area contributed by atoms with E-state index in [0.717, 1.165) is 29.2 Å². The van der Waals surface area contributed by atoms with Crippen molar-refractivity contribution in [2.24, 2.45) is 11.8 Å². The second-order valence-electron chi connectivity index (χ2n) is 5.76. The van der Waals surface area contributed by atoms with Crippen molar-refractivity contribution in [3.63, 3.8) is 0 Å². The molecule has 3 heteroatoms. The molecule has 0 radical (unpaired) electrons. The minimum Gasteiger partial charge on any atom is -0.314 e. The molecule has 0 bridgehead atoms. The lowest BCUT2D eigenvalue weighted by molar-refractivity contribution is 0.0487. The van der Waals surface area contributed by atoms with E-state index in [1.54, 1.807) is 0 Å². The summed E-state index contributed by atoms with van der Waals surface area (Å²) in [6.07, 6.45) is 3.66. The van der Waals surface area contributed by atoms with Gasteiger partial charge in [0, 0.05) is 37.0 Å². The second kappa shape index (κ2) is 5.28. The van der Waals surface area contributed by atoms with Gasteiger partial charge in [-0.15, -0.1) is 0 Å². The van der Waals surface area contributed by atoms with Gasteiger partial charge in [-0.1, -0.05) is 13.8 Å². The zero-order chi connectivity index (χ0) is 11.7. The highest BCUT2D eigenvalue weighted by atomic mass is 32.2. The SMILES string of the molecule is CSC1CNCC1N1CC(C)CC(C)C1C. The van der Waals surface area contributed by atoms with Crippen LogP contribution in [0.25, 0.3) is 0 Å². The van der Waals surface area contributed by atoms with Gasteiger partial charge >= 0.3 is 0 Å². The fourth-order valence-electron chi connectivity index (χ4n) is 3.41. The molecule has 2 fully saturated rings. The number of rotatable bonds is 2. The van der Waals surface area contributed by atoms with E-state index in [4.69, 9.17) is 0 Å². The van der Waals surface area contributed by atoms with Gasteiger partial charge in [-0.3, -0.25) is 4.90 Å². The largest absolute Gasteiger partial charge is 0.314 e. The first-order valence-electron chi connectivity index (χ1n) is 6.62. The normalized spacial score (nSPS) is 46.1. The van der Waals surface area contributed by atoms with Crippen LogP contribution in [0.4, 0.5) is 0 Å². The number of nitrogens with one attached hydrogen (secondary N) is 1. The van der Waals surface area contributed by atoms with Crippen LogP contribution in [0.5, 0.6) is 0 Å². The molecule has 2 rings (SSSR count). The van der Waals surface area contributed by atoms with Crippen molar-refractivity contribution in [1.82, 2.24) is 10.2 Å². The van der Waals surface area contributed by atoms with E-state index in [-0.39, 0.29) is 0 Å². The van der Waals surface area contributed by atoms with E-state index in [2.05, 4.69) is 37.2 Å². The summed E-state index contributed by atoms with van der Waals surface area (Å²) in [7, 11) is 0. The van der Waals surface area contributed by atoms with Gasteiger partial charge in [0.05, 0.1) is 0 Å². The van der Waals surface area contributed by atoms with Crippen molar-refractivity contribution in [2.45, 2.75) is 44.5 Å². The smallest absolute Gasteiger partial charge is 0.0354 e. The number of piperidine rings is 1. The molecule has 2 saturated heterocycles. The number of likely N-dealkylation sites (tertiary alicyclic amines) is 1. The Hall–Kier alpha value is 0.270. The summed E-state index contributed by atoms with van der Waals surface area (Å²) in [5.41, 5.74) is 0. The van der Waals surface area contributed by atoms with E-state index in [1.165, 1.54) is 26.1 Å². The van der Waals surface area contributed by atoms with Crippen LogP contribution in [0.1, 0.15) is 27.2 Å². The van der Waals surface area contributed by atoms with Crippen LogP contribution in [-0.2, 0) is 0 Å². The molecule has 2 aliphatic rings. The number of nitrogens with zero attached hydrogens (tertiary/aromatic N) is 1. The molecule has 0 saturated carbocycles. The molecular weight excluding hydrogens is 216 g/mol. The van der Waals surface area contributed by atoms with Gasteiger partial charge in [-0.25, -0.2) is 0 Å². The lowest BCUT2D eigenvalue weighted by Crippen LogP contribution is -2.54. The molecule has 16 heavy (non-hydrogen) atoms. The molecule has 2 heterocycles. The van der Waals surface area contributed by atoms with Gasteiger partial charge < -0.3 is 5.32 Å². The molecule has 94 valence electrons. The topological polar surface area (TPSA) is 15.3 Å². The maximum atomic E-state index is 3.56. The Morgan fingerprint density at radius 2 is 1.94 bits per heavy atom. The van der Waals surface area contributed by atoms with Gasteiger partial charge in [0.25, 0.3) is 0 Å². The van der Waals surface area contributed by atoms with Gasteiger partial charge in [-0.2, -0.15) is 11.8 Å². The highest BCUT2D eigenvalue weighted by Gasteiger charge is 2.38. The molecule has 0 aromatic carbocycles. The first-order chi connectivity index (χ1) is 7.63. The van der Waals surface area contributed by atoms with Crippen LogP contribution in [0.3, 0.4) is 0 Å². The molecular formula is C13H26N2S. The number of hydrogen-bond acceptors (Lipinski definition) is 3. The summed E-state index contributed by atoms with van der Waals surface area (Å²) in [5.74, 6) is 1.72. The Bertz CT molecular complexity index is 234. The lowest BCUT2D eigenvalue weighted by Gasteiger charge is -2.45. The monoisotopic (exact) mass is 242 g/mol. The minimum absolute atomic E-state index is 0.759. The molecule has 5 unspecified atom stereocenters. The first kappa shape index (κ1) is 12.7. The number of hydrogen-bond donors (Lipinski definition) is 1. The highest BCUT2D eigenvalue weighted by molar-refractivity contribution is 7.99. The van der Waals surface area contributed by atoms with E-state index in [0.29, 0.717) is 0 Å². The quantitative estimate of drug-likeness (QED) is 0.798. The van der Waals surface area contributed by atoms with E-state index < -0.39 is 0 Å². The Kier molecular flexibility index (Phi) is 4.20. The van der Waals surface area contributed by atoms with Crippen LogP contribution in [0.15, 0.2) is 0 Å². The zero-order valence-corrected chi connectivity index (χ0v) is 11.9. The molecule has 2 aliphatic heterocycles. The van der Waals surface area contributed by atoms with Crippen molar-refractivity contribution in [2.75, 3.05) is 25.9 Å². The third-order valence-electron chi connectivity index (χ3n) is 4.50. The third-order valence-corrected chi connectivity index (χ3v) is 5.59. The molecule has 2 nitrogen and oxygen atoms in total. The van der Waals surface area contributed by atoms with Gasteiger partial charge in [0.1, 0.15) is 0 Å². The Morgan fingerprint density at radius 3 is 2.62 bits per heavy atom. The summed E-state index contributed by atoms with van der Waals surface area (Å²) in [4.78, 5) is 2.78. The van der Waals surface area contributed by atoms with Gasteiger partial charge in [0.15, 0.2) is 0 Å². The Labute approximate surface area is 105 Å². The number of thioether (sulfide) groups is 1. The van der Waals surface area contributed by atoms with Crippen LogP contribution < -0.4 is 5.32 Å². The maximum Gasteiger partial charge on any atom is 0.0354 e. The van der Waals surface area contributed by atoms with Gasteiger partial charge in [-0.05, 0) is 31.4 Å². The summed E-state index contributed by atoms with van der Waals surface area (Å²) in [6, 6.07) is 1.52. The molecule has 5 atom stereocenters. The van der Waals surface area contributed by atoms with Crippen molar-refractivity contribution in [1.29, 1.82) is 0 Å². The summed E-state index contributed by atoms with van der Waals surface area (Å²) >= 11 is 2.03. The summed E-state index contributed by atoms with van der Waals surface area (Å²) < 4.78 is 0. The average molecular weight is 242 g/mol. The zero-order valence-electron chi connectivity index (χ0n) is 11.1. The van der Waals surface area contributed by atoms with Crippen LogP contribution in [0, 0.1) is 11.8 Å². The molecule has 1 N–H and O–H groups in total. The van der Waals surface area contributed by atoms with Crippen LogP contribution in [-0.4, -0.2) is 48.1 Å². The third kappa shape index (κ3) is 2.41. The van der Waals surface area contributed by atoms with Crippen molar-refractivity contribution >= 4 is 11.8 Å². The Morgan fingerprint density at radius 1 is 1.19 bits per heavy atom. The van der Waals surface area contributed by atoms with E-state index in [9.17, 15) is 0 Å². The van der Waals surface area contributed by atoms with E-state index >= 15 is 0 Å². The maximum absolute atomic E-state index is 3.56. The van der Waals surface area contributed by atoms with Crippen molar-refractivity contribution in [3.8, 4) is 0 Å². The Balaban J connectivity index is 2.06. The summed E-state index contributed by atoms with van der Waals surface area (Å²) in [5, 5.41) is 4.35. The van der Waals surface area contributed by atoms with Gasteiger partial charge in [0.2, 0.25) is 0 Å². The van der Waals surface area contributed by atoms with Crippen LogP contribution in [0.2, 0.25) is 0 Å².